The van der Waals surface area contributed by atoms with Crippen LogP contribution in [0.2, 0.25) is 5.02 Å². The molecule has 0 aliphatic rings. The van der Waals surface area contributed by atoms with E-state index in [1.165, 1.54) is 12.1 Å². The standard InChI is InChI=1S/C13H10ClF2NO3S/c14-10-2-1-3-12(16)13(10)17-21(19,20)9-4-5-11(15)8(6-9)7-18/h1-6,17-18H,7H2. The molecule has 2 rings (SSSR count). The van der Waals surface area contributed by atoms with E-state index in [1.54, 1.807) is 0 Å². The first kappa shape index (κ1) is 15.7. The van der Waals surface area contributed by atoms with Crippen LogP contribution in [0.25, 0.3) is 0 Å². The van der Waals surface area contributed by atoms with Crippen LogP contribution >= 0.6 is 11.6 Å². The summed E-state index contributed by atoms with van der Waals surface area (Å²) in [5.41, 5.74) is -0.577. The monoisotopic (exact) mass is 333 g/mol. The van der Waals surface area contributed by atoms with Gasteiger partial charge >= 0.3 is 0 Å². The molecule has 0 saturated carbocycles. The molecule has 0 aliphatic heterocycles. The fraction of sp³-hybridized carbons (Fsp3) is 0.0769. The van der Waals surface area contributed by atoms with Gasteiger partial charge in [-0.15, -0.1) is 0 Å². The third kappa shape index (κ3) is 3.31. The molecule has 0 aliphatic carbocycles. The van der Waals surface area contributed by atoms with Crippen molar-refractivity contribution >= 4 is 27.3 Å². The summed E-state index contributed by atoms with van der Waals surface area (Å²) in [7, 11) is -4.16. The minimum atomic E-state index is -4.16. The highest BCUT2D eigenvalue weighted by Crippen LogP contribution is 2.27. The molecule has 4 nitrogen and oxygen atoms in total. The van der Waals surface area contributed by atoms with Crippen LogP contribution in [0.15, 0.2) is 41.3 Å². The Morgan fingerprint density at radius 3 is 2.48 bits per heavy atom. The Morgan fingerprint density at radius 2 is 1.86 bits per heavy atom. The maximum Gasteiger partial charge on any atom is 0.262 e. The van der Waals surface area contributed by atoms with Crippen LogP contribution < -0.4 is 4.72 Å². The predicted octanol–water partition coefficient (Wildman–Crippen LogP) is 2.91. The van der Waals surface area contributed by atoms with Crippen molar-refractivity contribution in [1.82, 2.24) is 0 Å². The molecule has 0 saturated heterocycles. The first-order chi connectivity index (χ1) is 9.85. The van der Waals surface area contributed by atoms with Crippen molar-refractivity contribution in [3.8, 4) is 0 Å². The average Bonchev–Trinajstić information content (AvgIpc) is 2.43. The number of hydrogen-bond donors (Lipinski definition) is 2. The van der Waals surface area contributed by atoms with E-state index in [2.05, 4.69) is 0 Å². The van der Waals surface area contributed by atoms with E-state index in [9.17, 15) is 17.2 Å². The van der Waals surface area contributed by atoms with Gasteiger partial charge in [0.2, 0.25) is 0 Å². The minimum absolute atomic E-state index is 0.108. The Kier molecular flexibility index (Phi) is 4.46. The topological polar surface area (TPSA) is 66.4 Å². The maximum absolute atomic E-state index is 13.6. The quantitative estimate of drug-likeness (QED) is 0.904. The van der Waals surface area contributed by atoms with Crippen molar-refractivity contribution in [3.63, 3.8) is 0 Å². The number of nitrogens with one attached hydrogen (secondary N) is 1. The molecule has 8 heteroatoms. The third-order valence-electron chi connectivity index (χ3n) is 2.70. The summed E-state index contributed by atoms with van der Waals surface area (Å²) in [6.45, 7) is -0.657. The smallest absolute Gasteiger partial charge is 0.262 e. The van der Waals surface area contributed by atoms with Crippen LogP contribution in [0.4, 0.5) is 14.5 Å². The van der Waals surface area contributed by atoms with E-state index in [0.29, 0.717) is 0 Å². The number of benzene rings is 2. The van der Waals surface area contributed by atoms with E-state index in [1.807, 2.05) is 4.72 Å². The lowest BCUT2D eigenvalue weighted by atomic mass is 10.2. The number of para-hydroxylation sites is 1. The summed E-state index contributed by atoms with van der Waals surface area (Å²) in [5.74, 6) is -1.57. The number of halogens is 3. The average molecular weight is 334 g/mol. The van der Waals surface area contributed by atoms with Gasteiger partial charge in [0.25, 0.3) is 10.0 Å². The molecule has 0 unspecified atom stereocenters. The molecule has 0 atom stereocenters. The van der Waals surface area contributed by atoms with E-state index >= 15 is 0 Å². The number of aliphatic hydroxyl groups is 1. The molecule has 0 spiro atoms. The van der Waals surface area contributed by atoms with Gasteiger partial charge in [-0.2, -0.15) is 0 Å². The molecular weight excluding hydrogens is 324 g/mol. The highest BCUT2D eigenvalue weighted by molar-refractivity contribution is 7.92. The molecule has 0 amide bonds. The number of aliphatic hydroxyl groups excluding tert-OH is 1. The Bertz CT molecular complexity index is 761. The van der Waals surface area contributed by atoms with Crippen molar-refractivity contribution in [3.05, 3.63) is 58.6 Å². The first-order valence-electron chi connectivity index (χ1n) is 5.71. The van der Waals surface area contributed by atoms with Gasteiger partial charge < -0.3 is 5.11 Å². The first-order valence-corrected chi connectivity index (χ1v) is 7.57. The van der Waals surface area contributed by atoms with Gasteiger partial charge in [-0.1, -0.05) is 17.7 Å². The fourth-order valence-corrected chi connectivity index (χ4v) is 3.03. The molecule has 112 valence electrons. The second kappa shape index (κ2) is 5.97. The molecule has 2 aromatic rings. The SMILES string of the molecule is O=S(=O)(Nc1c(F)cccc1Cl)c1ccc(F)c(CO)c1. The summed E-state index contributed by atoms with van der Waals surface area (Å²) < 4.78 is 53.1. The van der Waals surface area contributed by atoms with Gasteiger partial charge in [-0.05, 0) is 30.3 Å². The van der Waals surface area contributed by atoms with Crippen molar-refractivity contribution in [1.29, 1.82) is 0 Å². The zero-order valence-electron chi connectivity index (χ0n) is 10.5. The second-order valence-corrected chi connectivity index (χ2v) is 6.20. The van der Waals surface area contributed by atoms with Crippen LogP contribution in [0.3, 0.4) is 0 Å². The third-order valence-corrected chi connectivity index (χ3v) is 4.36. The zero-order chi connectivity index (χ0) is 15.6. The lowest BCUT2D eigenvalue weighted by molar-refractivity contribution is 0.275. The van der Waals surface area contributed by atoms with Gasteiger partial charge in [0.15, 0.2) is 0 Å². The van der Waals surface area contributed by atoms with Gasteiger partial charge in [-0.25, -0.2) is 17.2 Å². The van der Waals surface area contributed by atoms with Gasteiger partial charge in [-0.3, -0.25) is 4.72 Å². The van der Waals surface area contributed by atoms with E-state index < -0.39 is 34.0 Å². The second-order valence-electron chi connectivity index (χ2n) is 4.11. The van der Waals surface area contributed by atoms with E-state index in [-0.39, 0.29) is 15.5 Å². The van der Waals surface area contributed by atoms with Crippen LogP contribution in [-0.4, -0.2) is 13.5 Å². The van der Waals surface area contributed by atoms with Crippen LogP contribution in [0.5, 0.6) is 0 Å². The molecule has 2 aromatic carbocycles. The molecule has 0 aromatic heterocycles. The lowest BCUT2D eigenvalue weighted by Gasteiger charge is -2.11. The Hall–Kier alpha value is -1.70. The minimum Gasteiger partial charge on any atom is -0.392 e. The Morgan fingerprint density at radius 1 is 1.14 bits per heavy atom. The van der Waals surface area contributed by atoms with E-state index in [4.69, 9.17) is 16.7 Å². The van der Waals surface area contributed by atoms with Crippen molar-refractivity contribution in [2.75, 3.05) is 4.72 Å². The van der Waals surface area contributed by atoms with Crippen molar-refractivity contribution < 1.29 is 22.3 Å². The zero-order valence-corrected chi connectivity index (χ0v) is 12.0. The van der Waals surface area contributed by atoms with Crippen molar-refractivity contribution in [2.24, 2.45) is 0 Å². The fourth-order valence-electron chi connectivity index (χ4n) is 1.63. The summed E-state index contributed by atoms with van der Waals surface area (Å²) in [5, 5.41) is 8.84. The summed E-state index contributed by atoms with van der Waals surface area (Å²) in [4.78, 5) is -0.313. The number of rotatable bonds is 4. The highest BCUT2D eigenvalue weighted by Gasteiger charge is 2.19. The van der Waals surface area contributed by atoms with Crippen molar-refractivity contribution in [2.45, 2.75) is 11.5 Å². The molecule has 0 fully saturated rings. The van der Waals surface area contributed by atoms with E-state index in [0.717, 1.165) is 24.3 Å². The molecule has 0 radical (unpaired) electrons. The van der Waals surface area contributed by atoms with Gasteiger partial charge in [0.1, 0.15) is 17.3 Å². The summed E-state index contributed by atoms with van der Waals surface area (Å²) >= 11 is 5.74. The van der Waals surface area contributed by atoms with Crippen LogP contribution in [0.1, 0.15) is 5.56 Å². The van der Waals surface area contributed by atoms with Crippen LogP contribution in [0, 0.1) is 11.6 Å². The largest absolute Gasteiger partial charge is 0.392 e. The maximum atomic E-state index is 13.6. The lowest BCUT2D eigenvalue weighted by Crippen LogP contribution is -2.15. The van der Waals surface area contributed by atoms with Crippen LogP contribution in [-0.2, 0) is 16.6 Å². The normalized spacial score (nSPS) is 11.4. The summed E-state index contributed by atoms with van der Waals surface area (Å²) in [6, 6.07) is 6.58. The molecule has 0 heterocycles. The Balaban J connectivity index is 2.44. The van der Waals surface area contributed by atoms with Gasteiger partial charge in [0.05, 0.1) is 16.5 Å². The molecule has 21 heavy (non-hydrogen) atoms. The number of hydrogen-bond acceptors (Lipinski definition) is 3. The number of anilines is 1. The predicted molar refractivity (Wildman–Crippen MR) is 74.5 cm³/mol. The molecule has 0 bridgehead atoms. The summed E-state index contributed by atoms with van der Waals surface area (Å²) in [6.07, 6.45) is 0. The highest BCUT2D eigenvalue weighted by atomic mass is 35.5. The Labute approximate surface area is 125 Å². The molecule has 2 N–H and O–H groups in total. The molecular formula is C13H10ClF2NO3S. The number of sulfonamides is 1. The van der Waals surface area contributed by atoms with Gasteiger partial charge in [0, 0.05) is 5.56 Å².